The van der Waals surface area contributed by atoms with E-state index >= 15 is 0 Å². The molecule has 1 amide bonds. The lowest BCUT2D eigenvalue weighted by Crippen LogP contribution is -2.16. The molecule has 0 radical (unpaired) electrons. The van der Waals surface area contributed by atoms with Crippen molar-refractivity contribution in [3.05, 3.63) is 102 Å². The summed E-state index contributed by atoms with van der Waals surface area (Å²) in [6.07, 6.45) is 0. The van der Waals surface area contributed by atoms with Crippen LogP contribution in [0, 0.1) is 0 Å². The summed E-state index contributed by atoms with van der Waals surface area (Å²) in [5.41, 5.74) is 2.88. The molecule has 5 heteroatoms. The third kappa shape index (κ3) is 3.44. The second-order valence-electron chi connectivity index (χ2n) is 6.66. The number of para-hydroxylation sites is 1. The Kier molecular flexibility index (Phi) is 4.42. The second kappa shape index (κ2) is 7.37. The predicted octanol–water partition coefficient (Wildman–Crippen LogP) is 6.01. The van der Waals surface area contributed by atoms with Crippen LogP contribution >= 0.6 is 11.3 Å². The molecule has 1 N–H and O–H groups in total. The summed E-state index contributed by atoms with van der Waals surface area (Å²) in [4.78, 5) is 14.2. The van der Waals surface area contributed by atoms with Gasteiger partial charge < -0.3 is 5.32 Å². The van der Waals surface area contributed by atoms with Crippen molar-refractivity contribution in [2.24, 2.45) is 0 Å². The molecule has 0 atom stereocenters. The molecule has 0 bridgehead atoms. The molecule has 2 heterocycles. The van der Waals surface area contributed by atoms with Crippen molar-refractivity contribution in [2.45, 2.75) is 0 Å². The molecule has 0 saturated carbocycles. The molecular formula is C24H17N3OS. The zero-order valence-electron chi connectivity index (χ0n) is 15.4. The Bertz CT molecular complexity index is 1290. The van der Waals surface area contributed by atoms with Gasteiger partial charge in [-0.25, -0.2) is 4.68 Å². The number of nitrogens with zero attached hydrogens (tertiary/aromatic N) is 2. The number of carbonyl (C=O) groups is 1. The van der Waals surface area contributed by atoms with Crippen LogP contribution in [0.15, 0.2) is 96.4 Å². The molecule has 5 aromatic rings. The average molecular weight is 395 g/mol. The van der Waals surface area contributed by atoms with Gasteiger partial charge in [0.25, 0.3) is 5.91 Å². The lowest BCUT2D eigenvalue weighted by Gasteiger charge is -2.09. The number of hydrogen-bond acceptors (Lipinski definition) is 3. The first kappa shape index (κ1) is 17.4. The van der Waals surface area contributed by atoms with E-state index < -0.39 is 0 Å². The van der Waals surface area contributed by atoms with E-state index in [0.29, 0.717) is 5.69 Å². The fourth-order valence-corrected chi connectivity index (χ4v) is 4.00. The molecule has 140 valence electrons. The standard InChI is InChI=1S/C24H17N3OS/c28-24(25-19-13-12-17-7-4-5-8-18(17)15-19)22-16-21(23-11-6-14-29-23)26-27(22)20-9-2-1-3-10-20/h1-16H,(H,25,28). The number of fused-ring (bicyclic) bond motifs is 1. The third-order valence-corrected chi connectivity index (χ3v) is 5.62. The molecule has 0 unspecified atom stereocenters. The minimum atomic E-state index is -0.195. The Hall–Kier alpha value is -3.70. The largest absolute Gasteiger partial charge is 0.321 e. The van der Waals surface area contributed by atoms with Crippen molar-refractivity contribution >= 4 is 33.7 Å². The van der Waals surface area contributed by atoms with E-state index in [0.717, 1.165) is 32.7 Å². The number of carbonyl (C=O) groups excluding carboxylic acids is 1. The van der Waals surface area contributed by atoms with Crippen molar-refractivity contribution in [1.29, 1.82) is 0 Å². The van der Waals surface area contributed by atoms with Gasteiger partial charge >= 0.3 is 0 Å². The Morgan fingerprint density at radius 3 is 2.41 bits per heavy atom. The smallest absolute Gasteiger partial charge is 0.274 e. The zero-order chi connectivity index (χ0) is 19.6. The minimum absolute atomic E-state index is 0.195. The van der Waals surface area contributed by atoms with E-state index in [1.54, 1.807) is 16.0 Å². The fraction of sp³-hybridized carbons (Fsp3) is 0. The van der Waals surface area contributed by atoms with Gasteiger partial charge in [0.2, 0.25) is 0 Å². The van der Waals surface area contributed by atoms with Crippen LogP contribution in [0.1, 0.15) is 10.5 Å². The number of rotatable bonds is 4. The van der Waals surface area contributed by atoms with E-state index in [1.165, 1.54) is 0 Å². The average Bonchev–Trinajstić information content (AvgIpc) is 3.44. The molecule has 5 rings (SSSR count). The summed E-state index contributed by atoms with van der Waals surface area (Å²) in [5, 5.41) is 12.0. The van der Waals surface area contributed by atoms with Crippen LogP contribution in [0.5, 0.6) is 0 Å². The van der Waals surface area contributed by atoms with Gasteiger partial charge in [-0.05, 0) is 52.6 Å². The molecule has 0 saturated heterocycles. The molecule has 3 aromatic carbocycles. The number of benzene rings is 3. The summed E-state index contributed by atoms with van der Waals surface area (Å²) in [6, 6.07) is 29.5. The summed E-state index contributed by atoms with van der Waals surface area (Å²) in [6.45, 7) is 0. The Morgan fingerprint density at radius 1 is 0.828 bits per heavy atom. The van der Waals surface area contributed by atoms with Crippen molar-refractivity contribution < 1.29 is 4.79 Å². The number of thiophene rings is 1. The Morgan fingerprint density at radius 2 is 1.62 bits per heavy atom. The molecule has 0 aliphatic heterocycles. The van der Waals surface area contributed by atoms with Crippen LogP contribution in [0.25, 0.3) is 27.0 Å². The molecule has 0 aliphatic carbocycles. The van der Waals surface area contributed by atoms with E-state index in [9.17, 15) is 4.79 Å². The quantitative estimate of drug-likeness (QED) is 0.405. The summed E-state index contributed by atoms with van der Waals surface area (Å²) >= 11 is 1.60. The van der Waals surface area contributed by atoms with Gasteiger partial charge in [0.15, 0.2) is 0 Å². The van der Waals surface area contributed by atoms with E-state index in [2.05, 4.69) is 11.4 Å². The minimum Gasteiger partial charge on any atom is -0.321 e. The van der Waals surface area contributed by atoms with Gasteiger partial charge in [-0.1, -0.05) is 54.6 Å². The molecule has 0 aliphatic rings. The van der Waals surface area contributed by atoms with Crippen LogP contribution in [-0.2, 0) is 0 Å². The number of hydrogen-bond donors (Lipinski definition) is 1. The normalized spacial score (nSPS) is 10.9. The van der Waals surface area contributed by atoms with Crippen LogP contribution in [0.4, 0.5) is 5.69 Å². The molecular weight excluding hydrogens is 378 g/mol. The molecule has 0 spiro atoms. The Balaban J connectivity index is 1.53. The maximum Gasteiger partial charge on any atom is 0.274 e. The van der Waals surface area contributed by atoms with Gasteiger partial charge in [0.05, 0.1) is 10.6 Å². The highest BCUT2D eigenvalue weighted by molar-refractivity contribution is 7.13. The van der Waals surface area contributed by atoms with Gasteiger partial charge in [0.1, 0.15) is 11.4 Å². The van der Waals surface area contributed by atoms with Crippen LogP contribution in [0.3, 0.4) is 0 Å². The van der Waals surface area contributed by atoms with E-state index in [1.807, 2.05) is 90.3 Å². The van der Waals surface area contributed by atoms with Crippen molar-refractivity contribution in [3.8, 4) is 16.3 Å². The predicted molar refractivity (Wildman–Crippen MR) is 119 cm³/mol. The van der Waals surface area contributed by atoms with Crippen LogP contribution in [0.2, 0.25) is 0 Å². The maximum atomic E-state index is 13.2. The van der Waals surface area contributed by atoms with Crippen molar-refractivity contribution in [1.82, 2.24) is 9.78 Å². The highest BCUT2D eigenvalue weighted by atomic mass is 32.1. The van der Waals surface area contributed by atoms with Crippen molar-refractivity contribution in [2.75, 3.05) is 5.32 Å². The number of aromatic nitrogens is 2. The van der Waals surface area contributed by atoms with Crippen LogP contribution < -0.4 is 5.32 Å². The van der Waals surface area contributed by atoms with Gasteiger partial charge in [-0.2, -0.15) is 5.10 Å². The van der Waals surface area contributed by atoms with Gasteiger partial charge in [-0.3, -0.25) is 4.79 Å². The van der Waals surface area contributed by atoms with E-state index in [-0.39, 0.29) is 5.91 Å². The first-order chi connectivity index (χ1) is 14.3. The zero-order valence-corrected chi connectivity index (χ0v) is 16.3. The lowest BCUT2D eigenvalue weighted by atomic mass is 10.1. The summed E-state index contributed by atoms with van der Waals surface area (Å²) in [5.74, 6) is -0.195. The second-order valence-corrected chi connectivity index (χ2v) is 7.60. The molecule has 2 aromatic heterocycles. The van der Waals surface area contributed by atoms with Gasteiger partial charge in [0, 0.05) is 5.69 Å². The topological polar surface area (TPSA) is 46.9 Å². The molecule has 29 heavy (non-hydrogen) atoms. The fourth-order valence-electron chi connectivity index (χ4n) is 3.32. The maximum absolute atomic E-state index is 13.2. The van der Waals surface area contributed by atoms with E-state index in [4.69, 9.17) is 5.10 Å². The number of amides is 1. The lowest BCUT2D eigenvalue weighted by molar-refractivity contribution is 0.101. The first-order valence-electron chi connectivity index (χ1n) is 9.27. The SMILES string of the molecule is O=C(Nc1ccc2ccccc2c1)c1cc(-c2cccs2)nn1-c1ccccc1. The number of nitrogens with one attached hydrogen (secondary N) is 1. The monoisotopic (exact) mass is 395 g/mol. The summed E-state index contributed by atoms with van der Waals surface area (Å²) < 4.78 is 1.70. The molecule has 4 nitrogen and oxygen atoms in total. The third-order valence-electron chi connectivity index (χ3n) is 4.72. The molecule has 0 fully saturated rings. The highest BCUT2D eigenvalue weighted by Crippen LogP contribution is 2.26. The Labute approximate surface area is 172 Å². The highest BCUT2D eigenvalue weighted by Gasteiger charge is 2.18. The van der Waals surface area contributed by atoms with Crippen LogP contribution in [-0.4, -0.2) is 15.7 Å². The van der Waals surface area contributed by atoms with Gasteiger partial charge in [-0.15, -0.1) is 11.3 Å². The number of anilines is 1. The first-order valence-corrected chi connectivity index (χ1v) is 10.2. The van der Waals surface area contributed by atoms with Crippen molar-refractivity contribution in [3.63, 3.8) is 0 Å². The summed E-state index contributed by atoms with van der Waals surface area (Å²) in [7, 11) is 0.